The van der Waals surface area contributed by atoms with Crippen molar-refractivity contribution in [2.75, 3.05) is 13.2 Å². The summed E-state index contributed by atoms with van der Waals surface area (Å²) in [5.41, 5.74) is 0. The molecule has 2 heterocycles. The minimum absolute atomic E-state index is 0.387. The molecule has 0 aliphatic carbocycles. The second kappa shape index (κ2) is 1.20. The molecule has 2 atom stereocenters. The summed E-state index contributed by atoms with van der Waals surface area (Å²) in [5.74, 6) is 0. The van der Waals surface area contributed by atoms with E-state index < -0.39 is 0 Å². The van der Waals surface area contributed by atoms with Gasteiger partial charge in [0.05, 0.1) is 12.7 Å². The lowest BCUT2D eigenvalue weighted by Crippen LogP contribution is -2.30. The summed E-state index contributed by atoms with van der Waals surface area (Å²) in [6.07, 6.45) is 1.47. The number of morpholine rings is 1. The van der Waals surface area contributed by atoms with E-state index in [4.69, 9.17) is 6.15 Å². The first-order chi connectivity index (χ1) is 3.86. The van der Waals surface area contributed by atoms with E-state index in [1.807, 2.05) is 0 Å². The molecule has 2 unspecified atom stereocenters. The molecule has 2 rings (SSSR count). The maximum atomic E-state index is 7.27. The van der Waals surface area contributed by atoms with E-state index in [1.54, 1.807) is 5.31 Å². The van der Waals surface area contributed by atoms with Crippen molar-refractivity contribution >= 4 is 0 Å². The summed E-state index contributed by atoms with van der Waals surface area (Å²) in [5, 5.41) is 1.63. The third-order valence-corrected chi connectivity index (χ3v) is 1.63. The Hall–Kier alpha value is -0.0800. The number of hydrogen-bond donors (Lipinski definition) is 1. The molecule has 2 bridgehead atoms. The van der Waals surface area contributed by atoms with Gasteiger partial charge in [-0.1, -0.05) is 0 Å². The van der Waals surface area contributed by atoms with Crippen molar-refractivity contribution in [1.29, 1.82) is 0 Å². The number of nitrogens with one attached hydrogen (secondary N) is 1. The molecule has 0 aromatic heterocycles. The smallest absolute Gasteiger partial charge is 0.123 e. The van der Waals surface area contributed by atoms with Crippen molar-refractivity contribution in [2.45, 2.75) is 18.6 Å². The van der Waals surface area contributed by atoms with Crippen LogP contribution in [0.4, 0.5) is 0 Å². The van der Waals surface area contributed by atoms with Gasteiger partial charge in [0.1, 0.15) is 1.41 Å². The van der Waals surface area contributed by atoms with Gasteiger partial charge in [0.15, 0.2) is 0 Å². The zero-order chi connectivity index (χ0) is 5.56. The first-order valence-electron chi connectivity index (χ1n) is 3.18. The van der Waals surface area contributed by atoms with E-state index in [1.165, 1.54) is 0 Å². The molecule has 40 valence electrons. The van der Waals surface area contributed by atoms with Crippen LogP contribution in [0.2, 0.25) is 1.41 Å². The molecule has 7 heavy (non-hydrogen) atoms. The summed E-state index contributed by atoms with van der Waals surface area (Å²) in [6.45, 7) is 1.61. The molecule has 2 heteroatoms. The van der Waals surface area contributed by atoms with E-state index in [0.29, 0.717) is 12.1 Å². The van der Waals surface area contributed by atoms with Crippen molar-refractivity contribution in [2.24, 2.45) is 0 Å². The fourth-order valence-electron chi connectivity index (χ4n) is 1.21. The predicted octanol–water partition coefficient (Wildman–Crippen LogP) is -0.253. The molecule has 0 aromatic carbocycles. The average molecular weight is 100 g/mol. The summed E-state index contributed by atoms with van der Waals surface area (Å²) in [6, 6.07) is 0.417. The van der Waals surface area contributed by atoms with Crippen LogP contribution in [-0.2, 0) is 4.74 Å². The highest BCUT2D eigenvalue weighted by atomic mass is 16.5. The Morgan fingerprint density at radius 2 is 2.86 bits per heavy atom. The van der Waals surface area contributed by atoms with E-state index in [2.05, 4.69) is 0 Å². The Bertz CT molecular complexity index is 107. The Morgan fingerprint density at radius 1 is 1.86 bits per heavy atom. The minimum atomic E-state index is 0.387. The highest BCUT2D eigenvalue weighted by molar-refractivity contribution is 4.87. The van der Waals surface area contributed by atoms with Gasteiger partial charge in [-0.05, 0) is 6.42 Å². The Labute approximate surface area is 44.3 Å². The molecule has 2 nitrogen and oxygen atoms in total. The highest BCUT2D eigenvalue weighted by Gasteiger charge is 2.31. The van der Waals surface area contributed by atoms with E-state index in [0.717, 1.165) is 19.6 Å². The van der Waals surface area contributed by atoms with E-state index >= 15 is 0 Å². The monoisotopic (exact) mass is 100 g/mol. The zero-order valence-corrected chi connectivity index (χ0v) is 4.13. The van der Waals surface area contributed by atoms with Crippen molar-refractivity contribution < 1.29 is 6.15 Å². The van der Waals surface area contributed by atoms with Gasteiger partial charge in [0.2, 0.25) is 0 Å². The van der Waals surface area contributed by atoms with E-state index in [9.17, 15) is 0 Å². The quantitative estimate of drug-likeness (QED) is 0.453. The van der Waals surface area contributed by atoms with Gasteiger partial charge in [-0.15, -0.1) is 0 Å². The van der Waals surface area contributed by atoms with Gasteiger partial charge in [-0.25, -0.2) is 0 Å². The third-order valence-electron chi connectivity index (χ3n) is 1.63. The summed E-state index contributed by atoms with van der Waals surface area (Å²) >= 11 is 0. The number of hydrogen-bond acceptors (Lipinski definition) is 2. The van der Waals surface area contributed by atoms with Crippen LogP contribution < -0.4 is 5.31 Å². The Balaban J connectivity index is 2.11. The standard InChI is InChI=1S/C5H9NO/c1-4-3-7-5(1)2-6-4/h4-6H,1-3H2/i/hD. The SMILES string of the molecule is [2H]N1CC2CC1CO2. The molecule has 0 saturated carbocycles. The fourth-order valence-corrected chi connectivity index (χ4v) is 1.21. The van der Waals surface area contributed by atoms with Crippen LogP contribution in [-0.4, -0.2) is 25.3 Å². The lowest BCUT2D eigenvalue weighted by atomic mass is 10.3. The summed E-state index contributed by atoms with van der Waals surface area (Å²) in [4.78, 5) is 0. The normalized spacial score (nSPS) is 52.9. The van der Waals surface area contributed by atoms with Gasteiger partial charge in [0, 0.05) is 12.6 Å². The first kappa shape index (κ1) is 3.05. The maximum Gasteiger partial charge on any atom is 0.123 e. The first-order valence-corrected chi connectivity index (χ1v) is 2.73. The molecular weight excluding hydrogens is 90.1 g/mol. The zero-order valence-electron chi connectivity index (χ0n) is 5.13. The minimum Gasteiger partial charge on any atom is -0.375 e. The van der Waals surface area contributed by atoms with Crippen molar-refractivity contribution in [1.82, 2.24) is 5.31 Å². The van der Waals surface area contributed by atoms with Gasteiger partial charge in [0.25, 0.3) is 0 Å². The molecule has 0 radical (unpaired) electrons. The van der Waals surface area contributed by atoms with Gasteiger partial charge >= 0.3 is 0 Å². The Kier molecular flexibility index (Phi) is 0.523. The molecule has 2 saturated heterocycles. The van der Waals surface area contributed by atoms with Crippen LogP contribution in [0.1, 0.15) is 6.42 Å². The van der Waals surface area contributed by atoms with Crippen LogP contribution >= 0.6 is 0 Å². The molecule has 1 N–H and O–H groups in total. The van der Waals surface area contributed by atoms with Crippen molar-refractivity contribution in [3.8, 4) is 0 Å². The third kappa shape index (κ3) is 0.469. The topological polar surface area (TPSA) is 21.3 Å². The largest absolute Gasteiger partial charge is 0.375 e. The van der Waals surface area contributed by atoms with Gasteiger partial charge in [-0.3, -0.25) is 0 Å². The van der Waals surface area contributed by atoms with Crippen LogP contribution in [0.5, 0.6) is 0 Å². The molecule has 2 fully saturated rings. The molecule has 2 aliphatic heterocycles. The van der Waals surface area contributed by atoms with Gasteiger partial charge < -0.3 is 10.0 Å². The van der Waals surface area contributed by atoms with Crippen LogP contribution in [0, 0.1) is 0 Å². The lowest BCUT2D eigenvalue weighted by Gasteiger charge is -2.09. The van der Waals surface area contributed by atoms with Crippen LogP contribution in [0.15, 0.2) is 0 Å². The molecular formula is C5H9NO. The molecule has 0 spiro atoms. The summed E-state index contributed by atoms with van der Waals surface area (Å²) in [7, 11) is 0. The average Bonchev–Trinajstić information content (AvgIpc) is 2.23. The number of rotatable bonds is 0. The van der Waals surface area contributed by atoms with Gasteiger partial charge in [-0.2, -0.15) is 0 Å². The predicted molar refractivity (Wildman–Crippen MR) is 26.1 cm³/mol. The second-order valence-corrected chi connectivity index (χ2v) is 2.21. The highest BCUT2D eigenvalue weighted by Crippen LogP contribution is 2.17. The lowest BCUT2D eigenvalue weighted by molar-refractivity contribution is 0.0892. The molecule has 2 aliphatic rings. The Morgan fingerprint density at radius 3 is 3.14 bits per heavy atom. The van der Waals surface area contributed by atoms with Crippen LogP contribution in [0.25, 0.3) is 0 Å². The van der Waals surface area contributed by atoms with E-state index in [-0.39, 0.29) is 0 Å². The number of fused-ring (bicyclic) bond motifs is 2. The van der Waals surface area contributed by atoms with Crippen molar-refractivity contribution in [3.63, 3.8) is 0 Å². The van der Waals surface area contributed by atoms with Crippen molar-refractivity contribution in [3.05, 3.63) is 0 Å². The molecule has 0 aromatic rings. The molecule has 0 amide bonds. The maximum absolute atomic E-state index is 7.27. The summed E-state index contributed by atoms with van der Waals surface area (Å²) < 4.78 is 12.5. The second-order valence-electron chi connectivity index (χ2n) is 2.21. The number of ether oxygens (including phenoxy) is 1. The van der Waals surface area contributed by atoms with Crippen LogP contribution in [0.3, 0.4) is 0 Å². The fraction of sp³-hybridized carbons (Fsp3) is 1.00.